The number of nitrogens with zero attached hydrogens (tertiary/aromatic N) is 1. The summed E-state index contributed by atoms with van der Waals surface area (Å²) < 4.78 is 4.62. The molecule has 18 heavy (non-hydrogen) atoms. The highest BCUT2D eigenvalue weighted by Gasteiger charge is 2.31. The summed E-state index contributed by atoms with van der Waals surface area (Å²) in [4.78, 5) is 34.6. The summed E-state index contributed by atoms with van der Waals surface area (Å²) >= 11 is 0. The highest BCUT2D eigenvalue weighted by molar-refractivity contribution is 5.73. The number of hydrogen-bond acceptors (Lipinski definition) is 4. The van der Waals surface area contributed by atoms with Gasteiger partial charge in [0.2, 0.25) is 5.91 Å². The predicted octanol–water partition coefficient (Wildman–Crippen LogP) is 0.0541. The predicted molar refractivity (Wildman–Crippen MR) is 61.9 cm³/mol. The minimum absolute atomic E-state index is 0.0242. The van der Waals surface area contributed by atoms with Gasteiger partial charge in [0.15, 0.2) is 0 Å². The first-order valence-electron chi connectivity index (χ1n) is 5.74. The van der Waals surface area contributed by atoms with Gasteiger partial charge in [0.1, 0.15) is 0 Å². The lowest BCUT2D eigenvalue weighted by Gasteiger charge is -2.36. The van der Waals surface area contributed by atoms with E-state index in [1.807, 2.05) is 0 Å². The van der Waals surface area contributed by atoms with E-state index in [4.69, 9.17) is 5.11 Å². The zero-order chi connectivity index (χ0) is 13.7. The van der Waals surface area contributed by atoms with E-state index >= 15 is 0 Å². The Morgan fingerprint density at radius 3 is 2.56 bits per heavy atom. The third-order valence-electron chi connectivity index (χ3n) is 2.84. The van der Waals surface area contributed by atoms with Crippen LogP contribution < -0.4 is 5.32 Å². The molecule has 0 aromatic rings. The van der Waals surface area contributed by atoms with Gasteiger partial charge in [0, 0.05) is 32.5 Å². The first kappa shape index (κ1) is 14.3. The van der Waals surface area contributed by atoms with Crippen LogP contribution in [0, 0.1) is 5.92 Å². The fourth-order valence-electron chi connectivity index (χ4n) is 2.27. The van der Waals surface area contributed by atoms with Crippen molar-refractivity contribution in [3.8, 4) is 0 Å². The normalized spacial score (nSPS) is 23.3. The summed E-state index contributed by atoms with van der Waals surface area (Å²) in [6, 6.07) is -0.223. The maximum atomic E-state index is 11.5. The smallest absolute Gasteiger partial charge is 0.409 e. The standard InChI is InChI=1S/C11H18N2O5/c1-7(14)12-9-3-8(4-10(15)16)5-13(6-9)11(17)18-2/h8-9H,3-6H2,1-2H3,(H,12,14)(H,15,16). The fraction of sp³-hybridized carbons (Fsp3) is 0.727. The first-order valence-corrected chi connectivity index (χ1v) is 5.74. The molecule has 0 bridgehead atoms. The minimum Gasteiger partial charge on any atom is -0.481 e. The molecule has 0 aliphatic carbocycles. The highest BCUT2D eigenvalue weighted by atomic mass is 16.5. The molecule has 2 unspecified atom stereocenters. The summed E-state index contributed by atoms with van der Waals surface area (Å²) in [5, 5.41) is 11.5. The average molecular weight is 258 g/mol. The third kappa shape index (κ3) is 4.23. The van der Waals surface area contributed by atoms with Gasteiger partial charge in [-0.15, -0.1) is 0 Å². The fourth-order valence-corrected chi connectivity index (χ4v) is 2.27. The van der Waals surface area contributed by atoms with Gasteiger partial charge >= 0.3 is 12.1 Å². The van der Waals surface area contributed by atoms with Crippen molar-refractivity contribution in [2.45, 2.75) is 25.8 Å². The van der Waals surface area contributed by atoms with Crippen LogP contribution in [0.4, 0.5) is 4.79 Å². The molecular formula is C11H18N2O5. The van der Waals surface area contributed by atoms with Crippen molar-refractivity contribution in [3.63, 3.8) is 0 Å². The van der Waals surface area contributed by atoms with Crippen LogP contribution in [0.5, 0.6) is 0 Å². The molecule has 1 fully saturated rings. The Morgan fingerprint density at radius 1 is 1.39 bits per heavy atom. The summed E-state index contributed by atoms with van der Waals surface area (Å²) in [7, 11) is 1.27. The number of carbonyl (C=O) groups excluding carboxylic acids is 2. The molecule has 2 amide bonds. The molecule has 0 aromatic heterocycles. The van der Waals surface area contributed by atoms with Crippen LogP contribution in [-0.2, 0) is 14.3 Å². The largest absolute Gasteiger partial charge is 0.481 e. The van der Waals surface area contributed by atoms with Gasteiger partial charge in [-0.2, -0.15) is 0 Å². The van der Waals surface area contributed by atoms with Gasteiger partial charge in [-0.25, -0.2) is 4.79 Å². The number of ether oxygens (including phenoxy) is 1. The van der Waals surface area contributed by atoms with Gasteiger partial charge in [0.25, 0.3) is 0 Å². The zero-order valence-electron chi connectivity index (χ0n) is 10.5. The molecule has 2 N–H and O–H groups in total. The molecule has 2 atom stereocenters. The Labute approximate surface area is 105 Å². The van der Waals surface area contributed by atoms with Gasteiger partial charge in [-0.05, 0) is 12.3 Å². The Kier molecular flexibility index (Phi) is 4.94. The number of carboxylic acid groups (broad SMARTS) is 1. The number of carbonyl (C=O) groups is 3. The van der Waals surface area contributed by atoms with E-state index in [1.165, 1.54) is 18.9 Å². The van der Waals surface area contributed by atoms with Crippen molar-refractivity contribution in [2.75, 3.05) is 20.2 Å². The lowest BCUT2D eigenvalue weighted by atomic mass is 9.91. The number of carboxylic acids is 1. The molecule has 0 aromatic carbocycles. The molecule has 1 heterocycles. The van der Waals surface area contributed by atoms with Crippen LogP contribution in [0.25, 0.3) is 0 Å². The van der Waals surface area contributed by atoms with E-state index in [2.05, 4.69) is 10.1 Å². The lowest BCUT2D eigenvalue weighted by Crippen LogP contribution is -2.52. The Hall–Kier alpha value is -1.79. The van der Waals surface area contributed by atoms with Crippen molar-refractivity contribution in [1.29, 1.82) is 0 Å². The van der Waals surface area contributed by atoms with Crippen LogP contribution in [0.2, 0.25) is 0 Å². The molecule has 1 rings (SSSR count). The number of likely N-dealkylation sites (tertiary alicyclic amines) is 1. The highest BCUT2D eigenvalue weighted by Crippen LogP contribution is 2.20. The first-order chi connectivity index (χ1) is 8.42. The van der Waals surface area contributed by atoms with Gasteiger partial charge < -0.3 is 20.1 Å². The number of piperidine rings is 1. The van der Waals surface area contributed by atoms with E-state index in [1.54, 1.807) is 0 Å². The van der Waals surface area contributed by atoms with Crippen LogP contribution in [0.1, 0.15) is 19.8 Å². The molecule has 0 saturated carbocycles. The summed E-state index contributed by atoms with van der Waals surface area (Å²) in [6.45, 7) is 2.08. The van der Waals surface area contributed by atoms with Gasteiger partial charge in [0.05, 0.1) is 7.11 Å². The number of methoxy groups -OCH3 is 1. The molecule has 1 aliphatic rings. The van der Waals surface area contributed by atoms with Crippen LogP contribution in [0.15, 0.2) is 0 Å². The Balaban J connectivity index is 2.68. The number of hydrogen-bond donors (Lipinski definition) is 2. The summed E-state index contributed by atoms with van der Waals surface area (Å²) in [5.41, 5.74) is 0. The maximum Gasteiger partial charge on any atom is 0.409 e. The van der Waals surface area contributed by atoms with Gasteiger partial charge in [-0.1, -0.05) is 0 Å². The van der Waals surface area contributed by atoms with Crippen molar-refractivity contribution >= 4 is 18.0 Å². The van der Waals surface area contributed by atoms with Crippen LogP contribution in [-0.4, -0.2) is 54.2 Å². The van der Waals surface area contributed by atoms with Crippen molar-refractivity contribution in [3.05, 3.63) is 0 Å². The molecule has 7 heteroatoms. The SMILES string of the molecule is COC(=O)N1CC(CC(=O)O)CC(NC(C)=O)C1. The molecule has 0 radical (unpaired) electrons. The van der Waals surface area contributed by atoms with Crippen LogP contribution >= 0.6 is 0 Å². The average Bonchev–Trinajstić information content (AvgIpc) is 2.25. The van der Waals surface area contributed by atoms with E-state index in [-0.39, 0.29) is 24.3 Å². The minimum atomic E-state index is -0.909. The molecule has 102 valence electrons. The molecule has 1 aliphatic heterocycles. The number of aliphatic carboxylic acids is 1. The lowest BCUT2D eigenvalue weighted by molar-refractivity contribution is -0.138. The van der Waals surface area contributed by atoms with E-state index in [0.717, 1.165) is 0 Å². The summed E-state index contributed by atoms with van der Waals surface area (Å²) in [5.74, 6) is -1.28. The second-order valence-electron chi connectivity index (χ2n) is 4.47. The van der Waals surface area contributed by atoms with E-state index in [9.17, 15) is 14.4 Å². The van der Waals surface area contributed by atoms with E-state index < -0.39 is 12.1 Å². The topological polar surface area (TPSA) is 95.9 Å². The van der Waals surface area contributed by atoms with E-state index in [0.29, 0.717) is 19.5 Å². The zero-order valence-corrected chi connectivity index (χ0v) is 10.5. The number of nitrogens with one attached hydrogen (secondary N) is 1. The molecular weight excluding hydrogens is 240 g/mol. The number of rotatable bonds is 3. The Bertz CT molecular complexity index is 320. The second kappa shape index (κ2) is 6.23. The number of amides is 2. The molecule has 7 nitrogen and oxygen atoms in total. The monoisotopic (exact) mass is 258 g/mol. The maximum absolute atomic E-state index is 11.5. The Morgan fingerprint density at radius 2 is 2.06 bits per heavy atom. The summed E-state index contributed by atoms with van der Waals surface area (Å²) in [6.07, 6.45) is 0.0311. The third-order valence-corrected chi connectivity index (χ3v) is 2.84. The van der Waals surface area contributed by atoms with Gasteiger partial charge in [-0.3, -0.25) is 9.59 Å². The molecule has 1 saturated heterocycles. The quantitative estimate of drug-likeness (QED) is 0.746. The second-order valence-corrected chi connectivity index (χ2v) is 4.47. The van der Waals surface area contributed by atoms with Crippen LogP contribution in [0.3, 0.4) is 0 Å². The molecule has 0 spiro atoms. The van der Waals surface area contributed by atoms with Crippen molar-refractivity contribution in [2.24, 2.45) is 5.92 Å². The van der Waals surface area contributed by atoms with Crippen molar-refractivity contribution in [1.82, 2.24) is 10.2 Å². The van der Waals surface area contributed by atoms with Crippen molar-refractivity contribution < 1.29 is 24.2 Å².